The average Bonchev–Trinajstić information content (AvgIpc) is 2.41. The average molecular weight is 292 g/mol. The number of carbonyl (C=O) groups excluding carboxylic acids is 2. The van der Waals surface area contributed by atoms with Crippen LogP contribution in [0.1, 0.15) is 32.8 Å². The first-order chi connectivity index (χ1) is 9.88. The third-order valence-electron chi connectivity index (χ3n) is 3.18. The van der Waals surface area contributed by atoms with E-state index in [1.54, 1.807) is 12.3 Å². The minimum Gasteiger partial charge on any atom is -0.338 e. The molecule has 0 saturated carbocycles. The molecule has 0 spiro atoms. The van der Waals surface area contributed by atoms with Crippen LogP contribution in [-0.2, 0) is 4.79 Å². The number of aromatic nitrogens is 1. The standard InChI is InChI=1S/C15H24N4O2/c1-10(2)12(4)18-15(21)16-8-7-14(20)19-13-6-5-11(3)9-17-13/h5-6,9-10,12H,7-8H2,1-4H3,(H2,16,18,21)(H,17,19,20). The van der Waals surface area contributed by atoms with Gasteiger partial charge in [0.1, 0.15) is 5.82 Å². The van der Waals surface area contributed by atoms with Crippen molar-refractivity contribution in [2.75, 3.05) is 11.9 Å². The highest BCUT2D eigenvalue weighted by Crippen LogP contribution is 2.04. The van der Waals surface area contributed by atoms with Gasteiger partial charge in [0.15, 0.2) is 0 Å². The van der Waals surface area contributed by atoms with Crippen molar-refractivity contribution in [3.05, 3.63) is 23.9 Å². The van der Waals surface area contributed by atoms with E-state index in [4.69, 9.17) is 0 Å². The number of urea groups is 1. The number of amides is 3. The van der Waals surface area contributed by atoms with Gasteiger partial charge < -0.3 is 16.0 Å². The van der Waals surface area contributed by atoms with Crippen LogP contribution >= 0.6 is 0 Å². The lowest BCUT2D eigenvalue weighted by molar-refractivity contribution is -0.116. The largest absolute Gasteiger partial charge is 0.338 e. The fraction of sp³-hybridized carbons (Fsp3) is 0.533. The van der Waals surface area contributed by atoms with E-state index in [-0.39, 0.29) is 30.9 Å². The maximum atomic E-state index is 11.7. The maximum Gasteiger partial charge on any atom is 0.315 e. The third kappa shape index (κ3) is 6.74. The summed E-state index contributed by atoms with van der Waals surface area (Å²) in [6.07, 6.45) is 1.90. The summed E-state index contributed by atoms with van der Waals surface area (Å²) in [6.45, 7) is 8.23. The molecular weight excluding hydrogens is 268 g/mol. The van der Waals surface area contributed by atoms with Crippen LogP contribution in [0.5, 0.6) is 0 Å². The van der Waals surface area contributed by atoms with Crippen LogP contribution in [0.2, 0.25) is 0 Å². The van der Waals surface area contributed by atoms with E-state index in [1.807, 2.05) is 33.8 Å². The first-order valence-corrected chi connectivity index (χ1v) is 7.15. The molecule has 3 N–H and O–H groups in total. The summed E-state index contributed by atoms with van der Waals surface area (Å²) in [5.41, 5.74) is 1.03. The smallest absolute Gasteiger partial charge is 0.315 e. The number of pyridine rings is 1. The molecule has 6 heteroatoms. The fourth-order valence-electron chi connectivity index (χ4n) is 1.46. The van der Waals surface area contributed by atoms with E-state index in [1.165, 1.54) is 0 Å². The topological polar surface area (TPSA) is 83.1 Å². The van der Waals surface area contributed by atoms with Crippen molar-refractivity contribution in [3.63, 3.8) is 0 Å². The number of nitrogens with one attached hydrogen (secondary N) is 3. The van der Waals surface area contributed by atoms with Crippen LogP contribution in [0.25, 0.3) is 0 Å². The zero-order valence-electron chi connectivity index (χ0n) is 13.1. The molecule has 0 aliphatic carbocycles. The highest BCUT2D eigenvalue weighted by molar-refractivity contribution is 5.90. The molecule has 116 valence electrons. The second-order valence-electron chi connectivity index (χ2n) is 5.45. The lowest BCUT2D eigenvalue weighted by Crippen LogP contribution is -2.43. The van der Waals surface area contributed by atoms with E-state index >= 15 is 0 Å². The summed E-state index contributed by atoms with van der Waals surface area (Å²) in [4.78, 5) is 27.3. The molecule has 1 aromatic heterocycles. The summed E-state index contributed by atoms with van der Waals surface area (Å²) in [7, 11) is 0. The Morgan fingerprint density at radius 3 is 2.52 bits per heavy atom. The van der Waals surface area contributed by atoms with E-state index in [0.717, 1.165) is 5.56 Å². The molecule has 0 aromatic carbocycles. The molecule has 0 fully saturated rings. The lowest BCUT2D eigenvalue weighted by atomic mass is 10.1. The van der Waals surface area contributed by atoms with Crippen molar-refractivity contribution in [3.8, 4) is 0 Å². The Labute approximate surface area is 125 Å². The van der Waals surface area contributed by atoms with Crippen molar-refractivity contribution in [2.45, 2.75) is 40.2 Å². The summed E-state index contributed by atoms with van der Waals surface area (Å²) in [5, 5.41) is 8.16. The summed E-state index contributed by atoms with van der Waals surface area (Å²) < 4.78 is 0. The zero-order valence-corrected chi connectivity index (χ0v) is 13.1. The van der Waals surface area contributed by atoms with Gasteiger partial charge in [-0.2, -0.15) is 0 Å². The monoisotopic (exact) mass is 292 g/mol. The molecule has 0 radical (unpaired) electrons. The molecule has 1 unspecified atom stereocenters. The van der Waals surface area contributed by atoms with Gasteiger partial charge in [0.05, 0.1) is 0 Å². The van der Waals surface area contributed by atoms with Crippen LogP contribution in [0, 0.1) is 12.8 Å². The maximum absolute atomic E-state index is 11.7. The van der Waals surface area contributed by atoms with Gasteiger partial charge >= 0.3 is 6.03 Å². The van der Waals surface area contributed by atoms with Gasteiger partial charge in [0.2, 0.25) is 5.91 Å². The molecule has 0 aliphatic heterocycles. The lowest BCUT2D eigenvalue weighted by Gasteiger charge is -2.17. The molecule has 6 nitrogen and oxygen atoms in total. The first kappa shape index (κ1) is 16.9. The number of hydrogen-bond donors (Lipinski definition) is 3. The van der Waals surface area contributed by atoms with Crippen LogP contribution in [0.15, 0.2) is 18.3 Å². The number of hydrogen-bond acceptors (Lipinski definition) is 3. The summed E-state index contributed by atoms with van der Waals surface area (Å²) in [5.74, 6) is 0.707. The first-order valence-electron chi connectivity index (χ1n) is 7.15. The van der Waals surface area contributed by atoms with Crippen LogP contribution in [0.4, 0.5) is 10.6 Å². The van der Waals surface area contributed by atoms with Crippen molar-refractivity contribution in [2.24, 2.45) is 5.92 Å². The zero-order chi connectivity index (χ0) is 15.8. The highest BCUT2D eigenvalue weighted by Gasteiger charge is 2.10. The van der Waals surface area contributed by atoms with E-state index in [9.17, 15) is 9.59 Å². The van der Waals surface area contributed by atoms with Crippen LogP contribution in [-0.4, -0.2) is 29.5 Å². The number of carbonyl (C=O) groups is 2. The van der Waals surface area contributed by atoms with Crippen molar-refractivity contribution in [1.29, 1.82) is 0 Å². The summed E-state index contributed by atoms with van der Waals surface area (Å²) >= 11 is 0. The van der Waals surface area contributed by atoms with Gasteiger partial charge in [0.25, 0.3) is 0 Å². The Kier molecular flexibility index (Phi) is 6.65. The predicted octanol–water partition coefficient (Wildman–Crippen LogP) is 2.06. The van der Waals surface area contributed by atoms with Crippen molar-refractivity contribution in [1.82, 2.24) is 15.6 Å². The quantitative estimate of drug-likeness (QED) is 0.750. The molecule has 0 bridgehead atoms. The van der Waals surface area contributed by atoms with Gasteiger partial charge in [-0.3, -0.25) is 4.79 Å². The fourth-order valence-corrected chi connectivity index (χ4v) is 1.46. The Balaban J connectivity index is 2.24. The molecule has 1 atom stereocenters. The Hall–Kier alpha value is -2.11. The Morgan fingerprint density at radius 2 is 1.95 bits per heavy atom. The van der Waals surface area contributed by atoms with E-state index < -0.39 is 0 Å². The van der Waals surface area contributed by atoms with Gasteiger partial charge in [-0.15, -0.1) is 0 Å². The molecule has 21 heavy (non-hydrogen) atoms. The second-order valence-corrected chi connectivity index (χ2v) is 5.45. The van der Waals surface area contributed by atoms with Crippen LogP contribution in [0.3, 0.4) is 0 Å². The van der Waals surface area contributed by atoms with Crippen molar-refractivity contribution >= 4 is 17.8 Å². The van der Waals surface area contributed by atoms with Gasteiger partial charge in [-0.05, 0) is 31.4 Å². The SMILES string of the molecule is Cc1ccc(NC(=O)CCNC(=O)NC(C)C(C)C)nc1. The highest BCUT2D eigenvalue weighted by atomic mass is 16.2. The molecule has 0 saturated heterocycles. The molecule has 3 amide bonds. The number of rotatable bonds is 6. The second kappa shape index (κ2) is 8.24. The van der Waals surface area contributed by atoms with Gasteiger partial charge in [0, 0.05) is 25.2 Å². The normalized spacial score (nSPS) is 11.9. The molecule has 0 aliphatic rings. The van der Waals surface area contributed by atoms with Crippen molar-refractivity contribution < 1.29 is 9.59 Å². The van der Waals surface area contributed by atoms with Gasteiger partial charge in [-0.1, -0.05) is 19.9 Å². The number of aryl methyl sites for hydroxylation is 1. The predicted molar refractivity (Wildman–Crippen MR) is 83.1 cm³/mol. The van der Waals surface area contributed by atoms with E-state index in [2.05, 4.69) is 20.9 Å². The Bertz CT molecular complexity index is 471. The molecular formula is C15H24N4O2. The minimum atomic E-state index is -0.252. The Morgan fingerprint density at radius 1 is 1.24 bits per heavy atom. The number of nitrogens with zero attached hydrogens (tertiary/aromatic N) is 1. The molecule has 1 heterocycles. The third-order valence-corrected chi connectivity index (χ3v) is 3.18. The van der Waals surface area contributed by atoms with Crippen LogP contribution < -0.4 is 16.0 Å². The van der Waals surface area contributed by atoms with Gasteiger partial charge in [-0.25, -0.2) is 9.78 Å². The number of anilines is 1. The van der Waals surface area contributed by atoms with E-state index in [0.29, 0.717) is 11.7 Å². The molecule has 1 rings (SSSR count). The summed E-state index contributed by atoms with van der Waals surface area (Å²) in [6, 6.07) is 3.47. The minimum absolute atomic E-state index is 0.0931. The molecule has 1 aromatic rings.